The molecule has 1 atom stereocenters. The Hall–Kier alpha value is -3.50. The fourth-order valence-electron chi connectivity index (χ4n) is 5.07. The van der Waals surface area contributed by atoms with Crippen molar-refractivity contribution in [2.24, 2.45) is 5.92 Å². The topological polar surface area (TPSA) is 92.0 Å². The SMILES string of the molecule is Cc1nc2c(F)cc(-c3nc(Nc4ccc(C(O)C5CCN(C)CC5)cn4)ncc3F)cc2n1C(C)C. The second kappa shape index (κ2) is 10.1. The molecule has 0 bridgehead atoms. The number of halogens is 2. The van der Waals surface area contributed by atoms with Crippen LogP contribution in [0.4, 0.5) is 20.5 Å². The van der Waals surface area contributed by atoms with E-state index in [1.807, 2.05) is 31.4 Å². The van der Waals surface area contributed by atoms with Crippen LogP contribution in [0, 0.1) is 24.5 Å². The number of nitrogens with one attached hydrogen (secondary N) is 1. The molecule has 10 heteroatoms. The van der Waals surface area contributed by atoms with Crippen LogP contribution < -0.4 is 5.32 Å². The zero-order valence-corrected chi connectivity index (χ0v) is 21.4. The third-order valence-corrected chi connectivity index (χ3v) is 7.04. The predicted molar refractivity (Wildman–Crippen MR) is 138 cm³/mol. The molecule has 1 unspecified atom stereocenters. The van der Waals surface area contributed by atoms with E-state index in [-0.39, 0.29) is 29.1 Å². The van der Waals surface area contributed by atoms with E-state index in [2.05, 4.69) is 37.2 Å². The first-order valence-electron chi connectivity index (χ1n) is 12.5. The van der Waals surface area contributed by atoms with Gasteiger partial charge in [0.05, 0.1) is 17.8 Å². The van der Waals surface area contributed by atoms with Gasteiger partial charge in [0.1, 0.15) is 22.9 Å². The zero-order valence-electron chi connectivity index (χ0n) is 21.4. The standard InChI is InChI=1S/C27H31F2N7O/c1-15(2)36-16(3)32-25-20(28)11-19(12-22(25)36)24-21(29)14-31-27(34-24)33-23-6-5-18(13-30-23)26(37)17-7-9-35(4)10-8-17/h5-6,11-15,17,26,37H,7-10H2,1-4H3,(H,30,31,33,34). The number of hydrogen-bond donors (Lipinski definition) is 2. The van der Waals surface area contributed by atoms with Crippen LogP contribution in [0.1, 0.15) is 50.2 Å². The molecular weight excluding hydrogens is 476 g/mol. The van der Waals surface area contributed by atoms with Gasteiger partial charge in [-0.1, -0.05) is 6.07 Å². The number of pyridine rings is 1. The molecule has 1 fully saturated rings. The first-order chi connectivity index (χ1) is 17.7. The molecule has 0 radical (unpaired) electrons. The third-order valence-electron chi connectivity index (χ3n) is 7.04. The van der Waals surface area contributed by atoms with Crippen molar-refractivity contribution in [3.63, 3.8) is 0 Å². The molecule has 0 spiro atoms. The monoisotopic (exact) mass is 507 g/mol. The molecule has 4 heterocycles. The Morgan fingerprint density at radius 2 is 1.78 bits per heavy atom. The van der Waals surface area contributed by atoms with Crippen LogP contribution in [0.2, 0.25) is 0 Å². The van der Waals surface area contributed by atoms with Gasteiger partial charge in [0, 0.05) is 17.8 Å². The molecular formula is C27H31F2N7O. The minimum Gasteiger partial charge on any atom is -0.388 e. The first-order valence-corrected chi connectivity index (χ1v) is 12.5. The molecule has 194 valence electrons. The number of hydrogen-bond acceptors (Lipinski definition) is 7. The van der Waals surface area contributed by atoms with Crippen LogP contribution >= 0.6 is 0 Å². The van der Waals surface area contributed by atoms with Gasteiger partial charge in [-0.05, 0) is 83.4 Å². The summed E-state index contributed by atoms with van der Waals surface area (Å²) in [5.41, 5.74) is 1.84. The summed E-state index contributed by atoms with van der Waals surface area (Å²) in [6.45, 7) is 7.72. The maximum atomic E-state index is 14.9. The van der Waals surface area contributed by atoms with Crippen molar-refractivity contribution < 1.29 is 13.9 Å². The fourth-order valence-corrected chi connectivity index (χ4v) is 5.07. The zero-order chi connectivity index (χ0) is 26.3. The highest BCUT2D eigenvalue weighted by Gasteiger charge is 2.25. The van der Waals surface area contributed by atoms with Gasteiger partial charge < -0.3 is 19.9 Å². The number of aliphatic hydroxyl groups excluding tert-OH is 1. The molecule has 8 nitrogen and oxygen atoms in total. The molecule has 0 saturated carbocycles. The van der Waals surface area contributed by atoms with E-state index in [0.717, 1.165) is 37.7 Å². The van der Waals surface area contributed by atoms with Gasteiger partial charge in [-0.15, -0.1) is 0 Å². The number of fused-ring (bicyclic) bond motifs is 1. The van der Waals surface area contributed by atoms with Crippen LogP contribution in [0.3, 0.4) is 0 Å². The fraction of sp³-hybridized carbons (Fsp3) is 0.407. The van der Waals surface area contributed by atoms with E-state index in [9.17, 15) is 13.9 Å². The van der Waals surface area contributed by atoms with Crippen LogP contribution in [-0.2, 0) is 0 Å². The second-order valence-electron chi connectivity index (χ2n) is 10.0. The lowest BCUT2D eigenvalue weighted by atomic mass is 9.88. The number of benzene rings is 1. The quantitative estimate of drug-likeness (QED) is 0.372. The second-order valence-corrected chi connectivity index (χ2v) is 10.0. The normalized spacial score (nSPS) is 16.0. The molecule has 5 rings (SSSR count). The number of rotatable bonds is 6. The molecule has 1 saturated heterocycles. The van der Waals surface area contributed by atoms with Gasteiger partial charge in [-0.25, -0.2) is 28.7 Å². The Labute approximate surface area is 214 Å². The van der Waals surface area contributed by atoms with Crippen molar-refractivity contribution in [2.75, 3.05) is 25.5 Å². The molecule has 2 N–H and O–H groups in total. The number of nitrogens with zero attached hydrogens (tertiary/aromatic N) is 6. The van der Waals surface area contributed by atoms with Crippen molar-refractivity contribution in [3.05, 3.63) is 59.7 Å². The molecule has 0 aliphatic carbocycles. The number of anilines is 2. The molecule has 4 aromatic rings. The summed E-state index contributed by atoms with van der Waals surface area (Å²) in [7, 11) is 2.09. The number of imidazole rings is 1. The minimum absolute atomic E-state index is 0.0261. The van der Waals surface area contributed by atoms with E-state index in [1.165, 1.54) is 6.07 Å². The first kappa shape index (κ1) is 25.2. The van der Waals surface area contributed by atoms with Crippen LogP contribution in [0.15, 0.2) is 36.7 Å². The van der Waals surface area contributed by atoms with Crippen molar-refractivity contribution in [2.45, 2.75) is 45.8 Å². The van der Waals surface area contributed by atoms with E-state index < -0.39 is 17.7 Å². The smallest absolute Gasteiger partial charge is 0.229 e. The molecule has 1 aliphatic rings. The Morgan fingerprint density at radius 1 is 1.03 bits per heavy atom. The number of piperidine rings is 1. The summed E-state index contributed by atoms with van der Waals surface area (Å²) in [6, 6.07) is 6.55. The number of aryl methyl sites for hydroxylation is 1. The Kier molecular flexibility index (Phi) is 6.87. The Morgan fingerprint density at radius 3 is 2.46 bits per heavy atom. The van der Waals surface area contributed by atoms with Gasteiger partial charge in [0.25, 0.3) is 0 Å². The average Bonchev–Trinajstić information content (AvgIpc) is 3.22. The number of aliphatic hydroxyl groups is 1. The third kappa shape index (κ3) is 5.03. The summed E-state index contributed by atoms with van der Waals surface area (Å²) in [5, 5.41) is 13.8. The lowest BCUT2D eigenvalue weighted by Gasteiger charge is -2.32. The summed E-state index contributed by atoms with van der Waals surface area (Å²) in [6.07, 6.45) is 3.99. The van der Waals surface area contributed by atoms with E-state index in [0.29, 0.717) is 22.7 Å². The summed E-state index contributed by atoms with van der Waals surface area (Å²) in [5.74, 6) is 0.257. The van der Waals surface area contributed by atoms with Crippen molar-refractivity contribution in [1.82, 2.24) is 29.4 Å². The molecule has 1 aromatic carbocycles. The van der Waals surface area contributed by atoms with Gasteiger partial charge in [0.15, 0.2) is 11.6 Å². The van der Waals surface area contributed by atoms with Crippen LogP contribution in [0.5, 0.6) is 0 Å². The highest BCUT2D eigenvalue weighted by atomic mass is 19.1. The highest BCUT2D eigenvalue weighted by Crippen LogP contribution is 2.32. The molecule has 1 aliphatic heterocycles. The van der Waals surface area contributed by atoms with E-state index in [4.69, 9.17) is 0 Å². The summed E-state index contributed by atoms with van der Waals surface area (Å²) >= 11 is 0. The maximum absolute atomic E-state index is 14.9. The molecule has 0 amide bonds. The lowest BCUT2D eigenvalue weighted by Crippen LogP contribution is -2.32. The number of aromatic nitrogens is 5. The van der Waals surface area contributed by atoms with Crippen LogP contribution in [-0.4, -0.2) is 54.6 Å². The van der Waals surface area contributed by atoms with Crippen LogP contribution in [0.25, 0.3) is 22.3 Å². The minimum atomic E-state index is -0.666. The summed E-state index contributed by atoms with van der Waals surface area (Å²) < 4.78 is 31.6. The van der Waals surface area contributed by atoms with Gasteiger partial charge in [0.2, 0.25) is 5.95 Å². The van der Waals surface area contributed by atoms with Gasteiger partial charge in [-0.2, -0.15) is 0 Å². The largest absolute Gasteiger partial charge is 0.388 e. The van der Waals surface area contributed by atoms with Gasteiger partial charge in [-0.3, -0.25) is 0 Å². The van der Waals surface area contributed by atoms with Crippen molar-refractivity contribution in [1.29, 1.82) is 0 Å². The van der Waals surface area contributed by atoms with Gasteiger partial charge >= 0.3 is 0 Å². The maximum Gasteiger partial charge on any atom is 0.229 e. The average molecular weight is 508 g/mol. The van der Waals surface area contributed by atoms with Crippen molar-refractivity contribution in [3.8, 4) is 11.3 Å². The summed E-state index contributed by atoms with van der Waals surface area (Å²) in [4.78, 5) is 19.3. The Bertz CT molecular complexity index is 1410. The predicted octanol–water partition coefficient (Wildman–Crippen LogP) is 5.17. The van der Waals surface area contributed by atoms with E-state index >= 15 is 0 Å². The Balaban J connectivity index is 1.39. The molecule has 3 aromatic heterocycles. The highest BCUT2D eigenvalue weighted by molar-refractivity contribution is 5.83. The molecule has 37 heavy (non-hydrogen) atoms. The number of likely N-dealkylation sites (tertiary alicyclic amines) is 1. The van der Waals surface area contributed by atoms with E-state index in [1.54, 1.807) is 18.3 Å². The lowest BCUT2D eigenvalue weighted by molar-refractivity contribution is 0.0655. The van der Waals surface area contributed by atoms with Crippen molar-refractivity contribution >= 4 is 22.8 Å².